The van der Waals surface area contributed by atoms with Gasteiger partial charge in [-0.1, -0.05) is 25.5 Å². The number of rotatable bonds is 2. The molecule has 0 heterocycles. The van der Waals surface area contributed by atoms with Gasteiger partial charge in [0.25, 0.3) is 0 Å². The summed E-state index contributed by atoms with van der Waals surface area (Å²) in [5.41, 5.74) is 7.02. The van der Waals surface area contributed by atoms with E-state index in [0.29, 0.717) is 17.9 Å². The van der Waals surface area contributed by atoms with Gasteiger partial charge in [-0.25, -0.2) is 4.39 Å². The van der Waals surface area contributed by atoms with Crippen LogP contribution in [0.1, 0.15) is 31.2 Å². The highest BCUT2D eigenvalue weighted by atomic mass is 19.1. The lowest BCUT2D eigenvalue weighted by Crippen LogP contribution is -2.45. The molecular formula is C12H16FN. The molecule has 76 valence electrons. The largest absolute Gasteiger partial charge is 0.327 e. The van der Waals surface area contributed by atoms with Gasteiger partial charge in [-0.05, 0) is 36.0 Å². The molecule has 0 spiro atoms. The fraction of sp³-hybridized carbons (Fsp3) is 0.500. The van der Waals surface area contributed by atoms with Crippen molar-refractivity contribution in [2.45, 2.75) is 31.7 Å². The van der Waals surface area contributed by atoms with E-state index in [2.05, 4.69) is 6.92 Å². The maximum absolute atomic E-state index is 13.0. The van der Waals surface area contributed by atoms with Crippen molar-refractivity contribution in [3.05, 3.63) is 35.6 Å². The van der Waals surface area contributed by atoms with Gasteiger partial charge in [0.2, 0.25) is 0 Å². The molecule has 0 aliphatic heterocycles. The van der Waals surface area contributed by atoms with Crippen molar-refractivity contribution in [1.82, 2.24) is 0 Å². The minimum absolute atomic E-state index is 0.141. The second-order valence-electron chi connectivity index (χ2n) is 4.13. The molecule has 2 rings (SSSR count). The van der Waals surface area contributed by atoms with E-state index < -0.39 is 0 Å². The van der Waals surface area contributed by atoms with Crippen molar-refractivity contribution in [3.63, 3.8) is 0 Å². The highest BCUT2D eigenvalue weighted by molar-refractivity contribution is 5.25. The molecule has 1 aromatic rings. The molecule has 0 radical (unpaired) electrons. The van der Waals surface area contributed by atoms with Crippen LogP contribution in [0.3, 0.4) is 0 Å². The highest BCUT2D eigenvalue weighted by Crippen LogP contribution is 2.43. The summed E-state index contributed by atoms with van der Waals surface area (Å²) < 4.78 is 13.0. The van der Waals surface area contributed by atoms with Crippen LogP contribution >= 0.6 is 0 Å². The third-order valence-electron chi connectivity index (χ3n) is 3.34. The SMILES string of the molecule is CCC1C(N)CC1c1cccc(F)c1. The summed E-state index contributed by atoms with van der Waals surface area (Å²) >= 11 is 0. The quantitative estimate of drug-likeness (QED) is 0.767. The first-order valence-corrected chi connectivity index (χ1v) is 5.23. The van der Waals surface area contributed by atoms with Crippen molar-refractivity contribution in [3.8, 4) is 0 Å². The Morgan fingerprint density at radius 1 is 1.50 bits per heavy atom. The van der Waals surface area contributed by atoms with Crippen LogP contribution in [-0.4, -0.2) is 6.04 Å². The van der Waals surface area contributed by atoms with Crippen LogP contribution in [-0.2, 0) is 0 Å². The molecule has 14 heavy (non-hydrogen) atoms. The Morgan fingerprint density at radius 3 is 2.86 bits per heavy atom. The lowest BCUT2D eigenvalue weighted by Gasteiger charge is -2.42. The molecule has 0 aromatic heterocycles. The highest BCUT2D eigenvalue weighted by Gasteiger charge is 2.37. The zero-order valence-corrected chi connectivity index (χ0v) is 8.41. The van der Waals surface area contributed by atoms with Crippen LogP contribution < -0.4 is 5.73 Å². The summed E-state index contributed by atoms with van der Waals surface area (Å²) in [6, 6.07) is 7.22. The molecule has 1 aliphatic rings. The summed E-state index contributed by atoms with van der Waals surface area (Å²) in [7, 11) is 0. The Labute approximate surface area is 84.1 Å². The first-order chi connectivity index (χ1) is 6.72. The third-order valence-corrected chi connectivity index (χ3v) is 3.34. The van der Waals surface area contributed by atoms with Gasteiger partial charge in [0.15, 0.2) is 0 Å². The van der Waals surface area contributed by atoms with E-state index in [0.717, 1.165) is 18.4 Å². The second-order valence-corrected chi connectivity index (χ2v) is 4.13. The Hall–Kier alpha value is -0.890. The average molecular weight is 193 g/mol. The molecule has 3 unspecified atom stereocenters. The normalized spacial score (nSPS) is 31.2. The van der Waals surface area contributed by atoms with Crippen LogP contribution in [0.2, 0.25) is 0 Å². The van der Waals surface area contributed by atoms with Gasteiger partial charge in [0, 0.05) is 6.04 Å². The number of nitrogens with two attached hydrogens (primary N) is 1. The minimum atomic E-state index is -0.141. The number of hydrogen-bond acceptors (Lipinski definition) is 1. The van der Waals surface area contributed by atoms with Gasteiger partial charge >= 0.3 is 0 Å². The molecule has 1 nitrogen and oxygen atoms in total. The number of benzene rings is 1. The summed E-state index contributed by atoms with van der Waals surface area (Å²) in [5, 5.41) is 0. The van der Waals surface area contributed by atoms with Crippen LogP contribution in [0.4, 0.5) is 4.39 Å². The zero-order chi connectivity index (χ0) is 10.1. The topological polar surface area (TPSA) is 26.0 Å². The van der Waals surface area contributed by atoms with Crippen molar-refractivity contribution in [1.29, 1.82) is 0 Å². The van der Waals surface area contributed by atoms with E-state index in [4.69, 9.17) is 5.73 Å². The van der Waals surface area contributed by atoms with Gasteiger partial charge in [0.05, 0.1) is 0 Å². The summed E-state index contributed by atoms with van der Waals surface area (Å²) in [6.45, 7) is 2.15. The molecule has 0 bridgehead atoms. The molecule has 3 atom stereocenters. The molecule has 0 saturated heterocycles. The minimum Gasteiger partial charge on any atom is -0.327 e. The standard InChI is InChI=1S/C12H16FN/c1-2-10-11(7-12(10)14)8-4-3-5-9(13)6-8/h3-6,10-12H,2,7,14H2,1H3. The van der Waals surface area contributed by atoms with Crippen LogP contribution in [0, 0.1) is 11.7 Å². The van der Waals surface area contributed by atoms with Gasteiger partial charge in [-0.15, -0.1) is 0 Å². The molecule has 1 aromatic carbocycles. The molecule has 1 fully saturated rings. The fourth-order valence-electron chi connectivity index (χ4n) is 2.45. The number of halogens is 1. The van der Waals surface area contributed by atoms with Crippen molar-refractivity contribution >= 4 is 0 Å². The molecule has 2 N–H and O–H groups in total. The first kappa shape index (κ1) is 9.66. The molecule has 0 amide bonds. The van der Waals surface area contributed by atoms with E-state index in [1.54, 1.807) is 12.1 Å². The predicted octanol–water partition coefficient (Wildman–Crippen LogP) is 2.67. The van der Waals surface area contributed by atoms with E-state index >= 15 is 0 Å². The zero-order valence-electron chi connectivity index (χ0n) is 8.41. The van der Waals surface area contributed by atoms with Crippen molar-refractivity contribution in [2.75, 3.05) is 0 Å². The second kappa shape index (κ2) is 3.70. The maximum Gasteiger partial charge on any atom is 0.123 e. The van der Waals surface area contributed by atoms with Crippen molar-refractivity contribution < 1.29 is 4.39 Å². The Bertz CT molecular complexity index is 324. The lowest BCUT2D eigenvalue weighted by molar-refractivity contribution is 0.198. The van der Waals surface area contributed by atoms with Gasteiger partial charge in [-0.2, -0.15) is 0 Å². The van der Waals surface area contributed by atoms with Gasteiger partial charge < -0.3 is 5.73 Å². The Kier molecular flexibility index (Phi) is 2.55. The van der Waals surface area contributed by atoms with Crippen LogP contribution in [0.15, 0.2) is 24.3 Å². The lowest BCUT2D eigenvalue weighted by atomic mass is 9.65. The first-order valence-electron chi connectivity index (χ1n) is 5.23. The average Bonchev–Trinajstić information content (AvgIpc) is 2.14. The van der Waals surface area contributed by atoms with E-state index in [-0.39, 0.29) is 5.82 Å². The molecular weight excluding hydrogens is 177 g/mol. The molecule has 1 saturated carbocycles. The van der Waals surface area contributed by atoms with Gasteiger partial charge in [-0.3, -0.25) is 0 Å². The number of hydrogen-bond donors (Lipinski definition) is 1. The third kappa shape index (κ3) is 1.55. The Morgan fingerprint density at radius 2 is 2.29 bits per heavy atom. The predicted molar refractivity (Wildman–Crippen MR) is 55.5 cm³/mol. The Balaban J connectivity index is 2.16. The maximum atomic E-state index is 13.0. The van der Waals surface area contributed by atoms with E-state index in [1.165, 1.54) is 6.07 Å². The van der Waals surface area contributed by atoms with Gasteiger partial charge in [0.1, 0.15) is 5.82 Å². The summed E-state index contributed by atoms with van der Waals surface area (Å²) in [5.74, 6) is 0.875. The monoisotopic (exact) mass is 193 g/mol. The van der Waals surface area contributed by atoms with Crippen LogP contribution in [0.5, 0.6) is 0 Å². The molecule has 2 heteroatoms. The van der Waals surface area contributed by atoms with E-state index in [1.807, 2.05) is 6.07 Å². The van der Waals surface area contributed by atoms with E-state index in [9.17, 15) is 4.39 Å². The summed E-state index contributed by atoms with van der Waals surface area (Å²) in [4.78, 5) is 0. The van der Waals surface area contributed by atoms with Crippen LogP contribution in [0.25, 0.3) is 0 Å². The fourth-order valence-corrected chi connectivity index (χ4v) is 2.45. The molecule has 1 aliphatic carbocycles. The van der Waals surface area contributed by atoms with Crippen molar-refractivity contribution in [2.24, 2.45) is 11.7 Å². The smallest absolute Gasteiger partial charge is 0.123 e. The summed E-state index contributed by atoms with van der Waals surface area (Å²) in [6.07, 6.45) is 2.09.